The number of para-hydroxylation sites is 1. The number of carbonyl (C=O) groups is 2. The number of rotatable bonds is 6. The van der Waals surface area contributed by atoms with Crippen molar-refractivity contribution in [2.24, 2.45) is 0 Å². The van der Waals surface area contributed by atoms with Crippen LogP contribution in [0.15, 0.2) is 60.7 Å². The van der Waals surface area contributed by atoms with Crippen molar-refractivity contribution in [3.05, 3.63) is 77.9 Å². The molecular formula is C24H25FN4O3. The van der Waals surface area contributed by atoms with Crippen LogP contribution in [0, 0.1) is 5.82 Å². The van der Waals surface area contributed by atoms with E-state index in [4.69, 9.17) is 4.74 Å². The first kappa shape index (κ1) is 21.5. The normalized spacial score (nSPS) is 14.2. The molecule has 0 spiro atoms. The van der Waals surface area contributed by atoms with Crippen LogP contribution in [0.1, 0.15) is 34.9 Å². The van der Waals surface area contributed by atoms with Gasteiger partial charge in [-0.2, -0.15) is 5.10 Å². The summed E-state index contributed by atoms with van der Waals surface area (Å²) >= 11 is 0. The third-order valence-electron chi connectivity index (χ3n) is 5.73. The Labute approximate surface area is 185 Å². The van der Waals surface area contributed by atoms with Gasteiger partial charge in [0.15, 0.2) is 12.3 Å². The van der Waals surface area contributed by atoms with Crippen LogP contribution in [0.4, 0.5) is 10.1 Å². The monoisotopic (exact) mass is 436 g/mol. The lowest BCUT2D eigenvalue weighted by atomic mass is 9.93. The van der Waals surface area contributed by atoms with Gasteiger partial charge in [-0.05, 0) is 55.3 Å². The summed E-state index contributed by atoms with van der Waals surface area (Å²) in [6.07, 6.45) is 1.54. The molecule has 1 aromatic heterocycles. The average molecular weight is 436 g/mol. The summed E-state index contributed by atoms with van der Waals surface area (Å²) in [5.74, 6) is 0.0426. The molecule has 1 N–H and O–H groups in total. The van der Waals surface area contributed by atoms with E-state index >= 15 is 0 Å². The number of piperidine rings is 1. The van der Waals surface area contributed by atoms with Gasteiger partial charge in [0, 0.05) is 37.4 Å². The van der Waals surface area contributed by atoms with E-state index in [1.54, 1.807) is 16.8 Å². The molecule has 7 nitrogen and oxygen atoms in total. The third kappa shape index (κ3) is 4.96. The van der Waals surface area contributed by atoms with Crippen molar-refractivity contribution in [1.29, 1.82) is 0 Å². The molecule has 2 heterocycles. The SMILES string of the molecule is CN(C(=O)c1cc(C2CCN(C(=O)COc3ccc(F)cc3)CC2)[nH]n1)c1ccccc1. The molecule has 1 fully saturated rings. The molecule has 166 valence electrons. The zero-order chi connectivity index (χ0) is 22.5. The Kier molecular flexibility index (Phi) is 6.49. The van der Waals surface area contributed by atoms with E-state index in [2.05, 4.69) is 10.2 Å². The molecule has 1 aliphatic heterocycles. The van der Waals surface area contributed by atoms with Crippen molar-refractivity contribution in [1.82, 2.24) is 15.1 Å². The molecule has 0 saturated carbocycles. The molecule has 0 unspecified atom stereocenters. The van der Waals surface area contributed by atoms with Crippen molar-refractivity contribution in [2.45, 2.75) is 18.8 Å². The largest absolute Gasteiger partial charge is 0.484 e. The van der Waals surface area contributed by atoms with Crippen LogP contribution >= 0.6 is 0 Å². The molecule has 0 aliphatic carbocycles. The average Bonchev–Trinajstić information content (AvgIpc) is 3.33. The molecule has 3 aromatic rings. The number of hydrogen-bond acceptors (Lipinski definition) is 4. The number of aromatic amines is 1. The van der Waals surface area contributed by atoms with Crippen molar-refractivity contribution in [3.8, 4) is 5.75 Å². The van der Waals surface area contributed by atoms with Gasteiger partial charge in [0.2, 0.25) is 0 Å². The lowest BCUT2D eigenvalue weighted by molar-refractivity contribution is -0.134. The Balaban J connectivity index is 1.29. The Morgan fingerprint density at radius 2 is 1.81 bits per heavy atom. The quantitative estimate of drug-likeness (QED) is 0.640. The Morgan fingerprint density at radius 3 is 2.50 bits per heavy atom. The number of hydrogen-bond donors (Lipinski definition) is 1. The second-order valence-corrected chi connectivity index (χ2v) is 7.81. The Hall–Kier alpha value is -3.68. The van der Waals surface area contributed by atoms with Gasteiger partial charge < -0.3 is 14.5 Å². The minimum Gasteiger partial charge on any atom is -0.484 e. The number of nitrogens with zero attached hydrogens (tertiary/aromatic N) is 3. The molecule has 4 rings (SSSR count). The number of amides is 2. The fraction of sp³-hybridized carbons (Fsp3) is 0.292. The maximum absolute atomic E-state index is 13.0. The van der Waals surface area contributed by atoms with Crippen LogP contribution < -0.4 is 9.64 Å². The topological polar surface area (TPSA) is 78.5 Å². The van der Waals surface area contributed by atoms with Gasteiger partial charge in [0.05, 0.1) is 0 Å². The van der Waals surface area contributed by atoms with E-state index in [0.29, 0.717) is 24.5 Å². The lowest BCUT2D eigenvalue weighted by Crippen LogP contribution is -2.40. The predicted molar refractivity (Wildman–Crippen MR) is 118 cm³/mol. The molecule has 0 bridgehead atoms. The Morgan fingerprint density at radius 1 is 1.12 bits per heavy atom. The van der Waals surface area contributed by atoms with Crippen LogP contribution in [0.3, 0.4) is 0 Å². The lowest BCUT2D eigenvalue weighted by Gasteiger charge is -2.31. The van der Waals surface area contributed by atoms with Crippen LogP contribution in [-0.4, -0.2) is 53.7 Å². The van der Waals surface area contributed by atoms with Gasteiger partial charge in [-0.25, -0.2) is 4.39 Å². The summed E-state index contributed by atoms with van der Waals surface area (Å²) < 4.78 is 18.4. The number of aromatic nitrogens is 2. The first-order valence-electron chi connectivity index (χ1n) is 10.6. The van der Waals surface area contributed by atoms with Crippen molar-refractivity contribution in [3.63, 3.8) is 0 Å². The zero-order valence-electron chi connectivity index (χ0n) is 17.8. The molecule has 1 saturated heterocycles. The van der Waals surface area contributed by atoms with E-state index in [1.807, 2.05) is 36.4 Å². The molecule has 0 radical (unpaired) electrons. The smallest absolute Gasteiger partial charge is 0.278 e. The van der Waals surface area contributed by atoms with Gasteiger partial charge in [0.1, 0.15) is 11.6 Å². The van der Waals surface area contributed by atoms with Crippen LogP contribution in [0.2, 0.25) is 0 Å². The van der Waals surface area contributed by atoms with Gasteiger partial charge in [-0.1, -0.05) is 18.2 Å². The van der Waals surface area contributed by atoms with Gasteiger partial charge in [-0.3, -0.25) is 14.7 Å². The number of benzene rings is 2. The molecule has 1 aliphatic rings. The number of halogens is 1. The zero-order valence-corrected chi connectivity index (χ0v) is 17.8. The van der Waals surface area contributed by atoms with E-state index < -0.39 is 0 Å². The number of ether oxygens (including phenoxy) is 1. The number of carbonyl (C=O) groups excluding carboxylic acids is 2. The van der Waals surface area contributed by atoms with E-state index in [-0.39, 0.29) is 30.2 Å². The highest BCUT2D eigenvalue weighted by Crippen LogP contribution is 2.27. The van der Waals surface area contributed by atoms with Crippen LogP contribution in [-0.2, 0) is 4.79 Å². The Bertz CT molecular complexity index is 1060. The summed E-state index contributed by atoms with van der Waals surface area (Å²) in [6.45, 7) is 1.12. The summed E-state index contributed by atoms with van der Waals surface area (Å²) in [5.41, 5.74) is 2.08. The fourth-order valence-corrected chi connectivity index (χ4v) is 3.80. The highest BCUT2D eigenvalue weighted by molar-refractivity contribution is 6.04. The number of H-pyrrole nitrogens is 1. The van der Waals surface area contributed by atoms with Gasteiger partial charge in [0.25, 0.3) is 11.8 Å². The number of likely N-dealkylation sites (tertiary alicyclic amines) is 1. The second-order valence-electron chi connectivity index (χ2n) is 7.81. The molecule has 2 amide bonds. The van der Waals surface area contributed by atoms with E-state index in [0.717, 1.165) is 24.2 Å². The maximum Gasteiger partial charge on any atom is 0.278 e. The highest BCUT2D eigenvalue weighted by atomic mass is 19.1. The van der Waals surface area contributed by atoms with E-state index in [9.17, 15) is 14.0 Å². The third-order valence-corrected chi connectivity index (χ3v) is 5.73. The van der Waals surface area contributed by atoms with Crippen molar-refractivity contribution >= 4 is 17.5 Å². The van der Waals surface area contributed by atoms with Crippen LogP contribution in [0.5, 0.6) is 5.75 Å². The van der Waals surface area contributed by atoms with Crippen molar-refractivity contribution < 1.29 is 18.7 Å². The predicted octanol–water partition coefficient (Wildman–Crippen LogP) is 3.61. The summed E-state index contributed by atoms with van der Waals surface area (Å²) in [4.78, 5) is 28.5. The van der Waals surface area contributed by atoms with E-state index in [1.165, 1.54) is 24.3 Å². The number of nitrogens with one attached hydrogen (secondary N) is 1. The summed E-state index contributed by atoms with van der Waals surface area (Å²) in [6, 6.07) is 16.8. The summed E-state index contributed by atoms with van der Waals surface area (Å²) in [5, 5.41) is 7.22. The second kappa shape index (κ2) is 9.64. The van der Waals surface area contributed by atoms with Crippen molar-refractivity contribution in [2.75, 3.05) is 31.6 Å². The molecule has 0 atom stereocenters. The minimum atomic E-state index is -0.346. The first-order valence-corrected chi connectivity index (χ1v) is 10.6. The van der Waals surface area contributed by atoms with Gasteiger partial charge >= 0.3 is 0 Å². The summed E-state index contributed by atoms with van der Waals surface area (Å²) in [7, 11) is 1.73. The van der Waals surface area contributed by atoms with Gasteiger partial charge in [-0.15, -0.1) is 0 Å². The molecule has 2 aromatic carbocycles. The standard InChI is InChI=1S/C24H25FN4O3/c1-28(19-5-3-2-4-6-19)24(31)22-15-21(26-27-22)17-11-13-29(14-12-17)23(30)16-32-20-9-7-18(25)8-10-20/h2-10,15,17H,11-14,16H2,1H3,(H,26,27). The molecule has 32 heavy (non-hydrogen) atoms. The fourth-order valence-electron chi connectivity index (χ4n) is 3.80. The molecular weight excluding hydrogens is 411 g/mol. The number of anilines is 1. The first-order chi connectivity index (χ1) is 15.5. The highest BCUT2D eigenvalue weighted by Gasteiger charge is 2.26. The van der Waals surface area contributed by atoms with Crippen LogP contribution in [0.25, 0.3) is 0 Å². The maximum atomic E-state index is 13.0. The molecule has 8 heteroatoms. The minimum absolute atomic E-state index is 0.0785.